The molecule has 2 aromatic heterocycles. The number of halogens is 2. The third-order valence-corrected chi connectivity index (χ3v) is 3.02. The first kappa shape index (κ1) is 14.7. The molecule has 106 valence electrons. The second kappa shape index (κ2) is 5.34. The van der Waals surface area contributed by atoms with Crippen LogP contribution in [0.4, 0.5) is 5.69 Å². The summed E-state index contributed by atoms with van der Waals surface area (Å²) in [6, 6.07) is 1.79. The third-order valence-electron chi connectivity index (χ3n) is 2.60. The summed E-state index contributed by atoms with van der Waals surface area (Å²) >= 11 is 11.5. The number of aryl methyl sites for hydroxylation is 3. The average molecular weight is 316 g/mol. The summed E-state index contributed by atoms with van der Waals surface area (Å²) in [5, 5.41) is 15.5. The molecule has 2 heterocycles. The Hall–Kier alpha value is -1.73. The summed E-state index contributed by atoms with van der Waals surface area (Å²) in [5.41, 5.74) is 1.07. The van der Waals surface area contributed by atoms with Crippen molar-refractivity contribution in [2.24, 2.45) is 0 Å². The molecule has 9 heteroatoms. The smallest absolute Gasteiger partial charge is 0.258 e. The van der Waals surface area contributed by atoms with Gasteiger partial charge in [-0.3, -0.25) is 10.1 Å². The van der Waals surface area contributed by atoms with Gasteiger partial charge in [0, 0.05) is 5.69 Å². The number of aromatic nitrogens is 4. The lowest BCUT2D eigenvalue weighted by molar-refractivity contribution is -0.385. The Kier molecular flexibility index (Phi) is 3.92. The number of rotatable bonds is 3. The Morgan fingerprint density at radius 2 is 1.95 bits per heavy atom. The van der Waals surface area contributed by atoms with Gasteiger partial charge in [0.25, 0.3) is 0 Å². The fraction of sp³-hybridized carbons (Fsp3) is 0.364. The number of nitro groups is 1. The van der Waals surface area contributed by atoms with Crippen molar-refractivity contribution in [2.75, 3.05) is 0 Å². The van der Waals surface area contributed by atoms with Gasteiger partial charge < -0.3 is 0 Å². The molecule has 2 rings (SSSR count). The van der Waals surface area contributed by atoms with Gasteiger partial charge in [0.1, 0.15) is 5.82 Å². The number of alkyl halides is 2. The van der Waals surface area contributed by atoms with Crippen molar-refractivity contribution in [3.05, 3.63) is 39.1 Å². The molecule has 0 spiro atoms. The van der Waals surface area contributed by atoms with E-state index in [4.69, 9.17) is 23.2 Å². The normalized spacial score (nSPS) is 11.1. The van der Waals surface area contributed by atoms with E-state index in [0.29, 0.717) is 5.82 Å². The van der Waals surface area contributed by atoms with Gasteiger partial charge in [-0.1, -0.05) is 23.2 Å². The van der Waals surface area contributed by atoms with Crippen LogP contribution >= 0.6 is 23.2 Å². The van der Waals surface area contributed by atoms with Crippen LogP contribution in [-0.4, -0.2) is 24.7 Å². The van der Waals surface area contributed by atoms with Crippen LogP contribution in [0.2, 0.25) is 0 Å². The van der Waals surface area contributed by atoms with E-state index in [0.717, 1.165) is 11.4 Å². The van der Waals surface area contributed by atoms with Crippen molar-refractivity contribution in [1.82, 2.24) is 19.7 Å². The average Bonchev–Trinajstić information content (AvgIpc) is 2.66. The summed E-state index contributed by atoms with van der Waals surface area (Å²) in [6.45, 7) is 5.18. The second-order valence-electron chi connectivity index (χ2n) is 4.22. The quantitative estimate of drug-likeness (QED) is 0.493. The van der Waals surface area contributed by atoms with Crippen LogP contribution in [0.15, 0.2) is 6.07 Å². The molecule has 0 radical (unpaired) electrons. The minimum Gasteiger partial charge on any atom is -0.258 e. The standard InChI is InChI=1S/C11H11Cl2N5O2/c1-5-4-6(2)17(16-5)11-9(18(19)20)8(10(12)13)14-7(3)15-11/h4,10H,1-3H3. The van der Waals surface area contributed by atoms with Crippen LogP contribution in [0.3, 0.4) is 0 Å². The molecule has 0 amide bonds. The predicted molar refractivity (Wildman–Crippen MR) is 74.5 cm³/mol. The summed E-state index contributed by atoms with van der Waals surface area (Å²) < 4.78 is 1.39. The minimum atomic E-state index is -1.12. The maximum absolute atomic E-state index is 11.3. The van der Waals surface area contributed by atoms with E-state index in [2.05, 4.69) is 15.1 Å². The van der Waals surface area contributed by atoms with Gasteiger partial charge in [-0.2, -0.15) is 5.10 Å². The number of hydrogen-bond donors (Lipinski definition) is 0. The highest BCUT2D eigenvalue weighted by Crippen LogP contribution is 2.34. The van der Waals surface area contributed by atoms with Crippen molar-refractivity contribution >= 4 is 28.9 Å². The van der Waals surface area contributed by atoms with E-state index in [-0.39, 0.29) is 17.2 Å². The second-order valence-corrected chi connectivity index (χ2v) is 5.32. The van der Waals surface area contributed by atoms with E-state index < -0.39 is 9.76 Å². The molecule has 2 aromatic rings. The maximum Gasteiger partial charge on any atom is 0.337 e. The highest BCUT2D eigenvalue weighted by molar-refractivity contribution is 6.44. The molecule has 0 saturated carbocycles. The zero-order valence-electron chi connectivity index (χ0n) is 11.0. The predicted octanol–water partition coefficient (Wildman–Crippen LogP) is 2.97. The minimum absolute atomic E-state index is 0.0339. The molecule has 0 saturated heterocycles. The summed E-state index contributed by atoms with van der Waals surface area (Å²) in [6.07, 6.45) is 0. The Bertz CT molecular complexity index is 684. The molecular formula is C11H11Cl2N5O2. The van der Waals surface area contributed by atoms with E-state index >= 15 is 0 Å². The Morgan fingerprint density at radius 3 is 2.40 bits per heavy atom. The van der Waals surface area contributed by atoms with Gasteiger partial charge >= 0.3 is 5.69 Å². The summed E-state index contributed by atoms with van der Waals surface area (Å²) in [5.74, 6) is 0.397. The van der Waals surface area contributed by atoms with Crippen molar-refractivity contribution in [2.45, 2.75) is 25.6 Å². The zero-order chi connectivity index (χ0) is 15.0. The first-order valence-corrected chi connectivity index (χ1v) is 6.53. The molecule has 7 nitrogen and oxygen atoms in total. The molecule has 20 heavy (non-hydrogen) atoms. The Morgan fingerprint density at radius 1 is 1.30 bits per heavy atom. The van der Waals surface area contributed by atoms with Crippen LogP contribution in [0.1, 0.15) is 27.7 Å². The van der Waals surface area contributed by atoms with Gasteiger partial charge in [0.2, 0.25) is 5.82 Å². The molecule has 0 aliphatic carbocycles. The summed E-state index contributed by atoms with van der Waals surface area (Å²) in [4.78, 5) is 17.7. The molecule has 0 aliphatic rings. The topological polar surface area (TPSA) is 86.7 Å². The molecule has 0 unspecified atom stereocenters. The van der Waals surface area contributed by atoms with Gasteiger partial charge in [-0.05, 0) is 26.8 Å². The molecule has 0 aromatic carbocycles. The molecule has 0 fully saturated rings. The largest absolute Gasteiger partial charge is 0.337 e. The lowest BCUT2D eigenvalue weighted by atomic mass is 10.3. The van der Waals surface area contributed by atoms with Crippen LogP contribution in [0, 0.1) is 30.9 Å². The number of hydrogen-bond acceptors (Lipinski definition) is 5. The van der Waals surface area contributed by atoms with Crippen LogP contribution in [0.25, 0.3) is 5.82 Å². The van der Waals surface area contributed by atoms with Crippen molar-refractivity contribution in [3.63, 3.8) is 0 Å². The molecular weight excluding hydrogens is 305 g/mol. The fourth-order valence-electron chi connectivity index (χ4n) is 1.89. The zero-order valence-corrected chi connectivity index (χ0v) is 12.5. The lowest BCUT2D eigenvalue weighted by Crippen LogP contribution is -2.12. The Balaban J connectivity index is 2.81. The van der Waals surface area contributed by atoms with Gasteiger partial charge in [-0.15, -0.1) is 0 Å². The summed E-state index contributed by atoms with van der Waals surface area (Å²) in [7, 11) is 0. The van der Waals surface area contributed by atoms with Crippen molar-refractivity contribution in [3.8, 4) is 5.82 Å². The van der Waals surface area contributed by atoms with Gasteiger partial charge in [0.05, 0.1) is 10.6 Å². The van der Waals surface area contributed by atoms with Gasteiger partial charge in [0.15, 0.2) is 10.5 Å². The molecule has 0 bridgehead atoms. The monoisotopic (exact) mass is 315 g/mol. The van der Waals surface area contributed by atoms with Crippen LogP contribution in [-0.2, 0) is 0 Å². The fourth-order valence-corrected chi connectivity index (χ4v) is 2.20. The van der Waals surface area contributed by atoms with Gasteiger partial charge in [-0.25, -0.2) is 14.6 Å². The van der Waals surface area contributed by atoms with Crippen LogP contribution in [0.5, 0.6) is 0 Å². The molecule has 0 atom stereocenters. The molecule has 0 aliphatic heterocycles. The van der Waals surface area contributed by atoms with Crippen LogP contribution < -0.4 is 0 Å². The highest BCUT2D eigenvalue weighted by Gasteiger charge is 2.29. The van der Waals surface area contributed by atoms with E-state index in [1.54, 1.807) is 26.8 Å². The number of nitrogens with zero attached hydrogens (tertiary/aromatic N) is 5. The highest BCUT2D eigenvalue weighted by atomic mass is 35.5. The molecule has 0 N–H and O–H groups in total. The van der Waals surface area contributed by atoms with Crippen molar-refractivity contribution in [1.29, 1.82) is 0 Å². The lowest BCUT2D eigenvalue weighted by Gasteiger charge is -2.09. The van der Waals surface area contributed by atoms with E-state index in [1.807, 2.05) is 0 Å². The SMILES string of the molecule is Cc1cc(C)n(-c2nc(C)nc(C(Cl)Cl)c2[N+](=O)[O-])n1. The third kappa shape index (κ3) is 2.59. The van der Waals surface area contributed by atoms with E-state index in [1.165, 1.54) is 4.68 Å². The first-order chi connectivity index (χ1) is 9.31. The maximum atomic E-state index is 11.3. The van der Waals surface area contributed by atoms with E-state index in [9.17, 15) is 10.1 Å². The van der Waals surface area contributed by atoms with Crippen molar-refractivity contribution < 1.29 is 4.92 Å². The first-order valence-electron chi connectivity index (χ1n) is 5.66. The Labute approximate surface area is 124 Å².